The predicted octanol–water partition coefficient (Wildman–Crippen LogP) is 2.42. The number of pyridine rings is 1. The summed E-state index contributed by atoms with van der Waals surface area (Å²) in [6.45, 7) is 2.18. The lowest BCUT2D eigenvalue weighted by Gasteiger charge is -2.09. The molecule has 0 spiro atoms. The number of nitrogens with zero attached hydrogens (tertiary/aromatic N) is 2. The van der Waals surface area contributed by atoms with Crippen LogP contribution >= 0.6 is 12.2 Å². The summed E-state index contributed by atoms with van der Waals surface area (Å²) >= 11 is 4.95. The highest BCUT2D eigenvalue weighted by atomic mass is 32.1. The molecule has 100 valence electrons. The topological polar surface area (TPSA) is 85.3 Å². The van der Waals surface area contributed by atoms with Gasteiger partial charge < -0.3 is 4.98 Å². The third-order valence-corrected chi connectivity index (χ3v) is 3.93. The van der Waals surface area contributed by atoms with E-state index in [-0.39, 0.29) is 15.7 Å². The van der Waals surface area contributed by atoms with Crippen LogP contribution in [-0.2, 0) is 5.41 Å². The molecule has 20 heavy (non-hydrogen) atoms. The van der Waals surface area contributed by atoms with Crippen molar-refractivity contribution in [3.05, 3.63) is 44.7 Å². The van der Waals surface area contributed by atoms with Gasteiger partial charge in [-0.1, -0.05) is 6.92 Å². The highest BCUT2D eigenvalue weighted by molar-refractivity contribution is 7.71. The molecule has 1 fully saturated rings. The molecule has 0 atom stereocenters. The molecule has 1 aliphatic carbocycles. The van der Waals surface area contributed by atoms with E-state index in [1.165, 1.54) is 0 Å². The lowest BCUT2D eigenvalue weighted by Crippen LogP contribution is -2.13. The number of nitriles is 1. The van der Waals surface area contributed by atoms with Crippen molar-refractivity contribution in [3.8, 4) is 17.3 Å². The molecule has 0 radical (unpaired) electrons. The SMILES string of the molecule is CC1(c2ccc(-c3[nH]c(=S)[nH]c(=O)c3C#N)cn2)CC1. The van der Waals surface area contributed by atoms with Gasteiger partial charge in [-0.2, -0.15) is 5.26 Å². The van der Waals surface area contributed by atoms with Crippen molar-refractivity contribution in [2.45, 2.75) is 25.2 Å². The molecule has 0 aliphatic heterocycles. The van der Waals surface area contributed by atoms with Gasteiger partial charge in [0.05, 0.1) is 5.69 Å². The summed E-state index contributed by atoms with van der Waals surface area (Å²) in [5.41, 5.74) is 1.88. The van der Waals surface area contributed by atoms with Crippen LogP contribution in [0.5, 0.6) is 0 Å². The smallest absolute Gasteiger partial charge is 0.270 e. The van der Waals surface area contributed by atoms with E-state index in [9.17, 15) is 4.79 Å². The Bertz CT molecular complexity index is 822. The minimum Gasteiger partial charge on any atom is -0.331 e. The molecule has 5 nitrogen and oxygen atoms in total. The summed E-state index contributed by atoms with van der Waals surface area (Å²) in [5, 5.41) is 9.10. The maximum atomic E-state index is 11.7. The van der Waals surface area contributed by atoms with Crippen LogP contribution < -0.4 is 5.56 Å². The summed E-state index contributed by atoms with van der Waals surface area (Å²) in [5.74, 6) is 0. The first-order valence-electron chi connectivity index (χ1n) is 6.27. The van der Waals surface area contributed by atoms with E-state index >= 15 is 0 Å². The number of hydrogen-bond donors (Lipinski definition) is 2. The largest absolute Gasteiger partial charge is 0.331 e. The lowest BCUT2D eigenvalue weighted by atomic mass is 10.0. The van der Waals surface area contributed by atoms with E-state index in [0.717, 1.165) is 18.5 Å². The summed E-state index contributed by atoms with van der Waals surface area (Å²) in [6, 6.07) is 5.71. The Labute approximate surface area is 120 Å². The normalized spacial score (nSPS) is 15.6. The summed E-state index contributed by atoms with van der Waals surface area (Å²) in [7, 11) is 0. The quantitative estimate of drug-likeness (QED) is 0.829. The fourth-order valence-corrected chi connectivity index (χ4v) is 2.35. The first kappa shape index (κ1) is 12.8. The van der Waals surface area contributed by atoms with Crippen LogP contribution in [0.2, 0.25) is 0 Å². The van der Waals surface area contributed by atoms with E-state index in [1.807, 2.05) is 18.2 Å². The average Bonchev–Trinajstić information content (AvgIpc) is 3.17. The van der Waals surface area contributed by atoms with E-state index in [4.69, 9.17) is 17.5 Å². The molecule has 0 saturated heterocycles. The highest BCUT2D eigenvalue weighted by Gasteiger charge is 2.40. The molecular formula is C14H12N4OS. The first-order valence-corrected chi connectivity index (χ1v) is 6.68. The van der Waals surface area contributed by atoms with Crippen LogP contribution in [0.1, 0.15) is 31.0 Å². The minimum atomic E-state index is -0.482. The Morgan fingerprint density at radius 3 is 2.70 bits per heavy atom. The molecule has 3 rings (SSSR count). The number of aromatic nitrogens is 3. The van der Waals surface area contributed by atoms with Crippen molar-refractivity contribution in [1.82, 2.24) is 15.0 Å². The summed E-state index contributed by atoms with van der Waals surface area (Å²) in [4.78, 5) is 21.4. The second-order valence-electron chi connectivity index (χ2n) is 5.26. The number of H-pyrrole nitrogens is 2. The average molecular weight is 284 g/mol. The van der Waals surface area contributed by atoms with E-state index in [1.54, 1.807) is 6.20 Å². The summed E-state index contributed by atoms with van der Waals surface area (Å²) in [6.07, 6.45) is 3.98. The Kier molecular flexibility index (Phi) is 2.80. The Hall–Kier alpha value is -2.26. The van der Waals surface area contributed by atoms with Crippen molar-refractivity contribution >= 4 is 12.2 Å². The maximum Gasteiger partial charge on any atom is 0.270 e. The van der Waals surface area contributed by atoms with Gasteiger partial charge in [0.15, 0.2) is 4.77 Å². The van der Waals surface area contributed by atoms with Gasteiger partial charge in [0.2, 0.25) is 0 Å². The Morgan fingerprint density at radius 1 is 1.40 bits per heavy atom. The zero-order valence-electron chi connectivity index (χ0n) is 10.9. The minimum absolute atomic E-state index is 0.0192. The molecule has 1 saturated carbocycles. The molecule has 2 aromatic rings. The molecule has 2 heterocycles. The zero-order valence-corrected chi connectivity index (χ0v) is 11.7. The van der Waals surface area contributed by atoms with E-state index < -0.39 is 5.56 Å². The van der Waals surface area contributed by atoms with Crippen molar-refractivity contribution in [2.24, 2.45) is 0 Å². The third kappa shape index (κ3) is 2.06. The molecular weight excluding hydrogens is 272 g/mol. The van der Waals surface area contributed by atoms with Gasteiger partial charge >= 0.3 is 0 Å². The first-order chi connectivity index (χ1) is 9.53. The van der Waals surface area contributed by atoms with Gasteiger partial charge in [-0.3, -0.25) is 14.8 Å². The fourth-order valence-electron chi connectivity index (χ4n) is 2.15. The predicted molar refractivity (Wildman–Crippen MR) is 76.8 cm³/mol. The lowest BCUT2D eigenvalue weighted by molar-refractivity contribution is 0.750. The van der Waals surface area contributed by atoms with Crippen LogP contribution in [0, 0.1) is 16.1 Å². The monoisotopic (exact) mass is 284 g/mol. The summed E-state index contributed by atoms with van der Waals surface area (Å²) < 4.78 is 0.197. The number of rotatable bonds is 2. The van der Waals surface area contributed by atoms with Crippen LogP contribution in [0.4, 0.5) is 0 Å². The molecule has 2 aromatic heterocycles. The number of nitrogens with one attached hydrogen (secondary N) is 2. The highest BCUT2D eigenvalue weighted by Crippen LogP contribution is 2.46. The van der Waals surface area contributed by atoms with Gasteiger partial charge in [-0.05, 0) is 37.2 Å². The zero-order chi connectivity index (χ0) is 14.3. The molecule has 0 unspecified atom stereocenters. The third-order valence-electron chi connectivity index (χ3n) is 3.72. The number of hydrogen-bond acceptors (Lipinski definition) is 4. The van der Waals surface area contributed by atoms with Gasteiger partial charge in [0, 0.05) is 22.9 Å². The molecule has 0 bridgehead atoms. The second kappa shape index (κ2) is 4.39. The van der Waals surface area contributed by atoms with E-state index in [2.05, 4.69) is 21.9 Å². The van der Waals surface area contributed by atoms with Crippen molar-refractivity contribution in [2.75, 3.05) is 0 Å². The molecule has 6 heteroatoms. The second-order valence-corrected chi connectivity index (χ2v) is 5.67. The molecule has 2 N–H and O–H groups in total. The van der Waals surface area contributed by atoms with Gasteiger partial charge in [-0.25, -0.2) is 0 Å². The maximum absolute atomic E-state index is 11.7. The van der Waals surface area contributed by atoms with Crippen LogP contribution in [-0.4, -0.2) is 15.0 Å². The van der Waals surface area contributed by atoms with E-state index in [0.29, 0.717) is 11.3 Å². The van der Waals surface area contributed by atoms with Crippen molar-refractivity contribution < 1.29 is 0 Å². The molecule has 0 aromatic carbocycles. The van der Waals surface area contributed by atoms with Crippen molar-refractivity contribution in [1.29, 1.82) is 5.26 Å². The standard InChI is InChI=1S/C14H12N4OS/c1-14(4-5-14)10-3-2-8(7-16-10)11-9(6-15)12(19)18-13(20)17-11/h2-3,7H,4-5H2,1H3,(H2,17,18,19,20). The Balaban J connectivity index is 2.12. The molecule has 0 amide bonds. The van der Waals surface area contributed by atoms with Gasteiger partial charge in [0.25, 0.3) is 5.56 Å². The Morgan fingerprint density at radius 2 is 2.15 bits per heavy atom. The number of aromatic amines is 2. The van der Waals surface area contributed by atoms with Crippen LogP contribution in [0.3, 0.4) is 0 Å². The van der Waals surface area contributed by atoms with Gasteiger partial charge in [0.1, 0.15) is 11.6 Å². The van der Waals surface area contributed by atoms with Crippen molar-refractivity contribution in [3.63, 3.8) is 0 Å². The molecule has 1 aliphatic rings. The van der Waals surface area contributed by atoms with Crippen LogP contribution in [0.15, 0.2) is 23.1 Å². The van der Waals surface area contributed by atoms with Gasteiger partial charge in [-0.15, -0.1) is 0 Å². The van der Waals surface area contributed by atoms with Crippen LogP contribution in [0.25, 0.3) is 11.3 Å². The fraction of sp³-hybridized carbons (Fsp3) is 0.286.